The molecule has 2 aromatic rings. The van der Waals surface area contributed by atoms with Crippen LogP contribution in [0.2, 0.25) is 0 Å². The van der Waals surface area contributed by atoms with Crippen molar-refractivity contribution in [2.75, 3.05) is 33.4 Å². The first-order valence-electron chi connectivity index (χ1n) is 8.53. The minimum Gasteiger partial charge on any atom is -0.459 e. The van der Waals surface area contributed by atoms with E-state index in [4.69, 9.17) is 9.15 Å². The van der Waals surface area contributed by atoms with Crippen molar-refractivity contribution in [3.8, 4) is 0 Å². The summed E-state index contributed by atoms with van der Waals surface area (Å²) < 4.78 is 10.9. The molecule has 1 saturated heterocycles. The summed E-state index contributed by atoms with van der Waals surface area (Å²) in [6, 6.07) is 6.33. The minimum absolute atomic E-state index is 0.0422. The zero-order valence-corrected chi connectivity index (χ0v) is 14.7. The molecule has 1 aromatic carbocycles. The van der Waals surface area contributed by atoms with Crippen LogP contribution in [0, 0.1) is 19.8 Å². The van der Waals surface area contributed by atoms with Crippen LogP contribution >= 0.6 is 0 Å². The van der Waals surface area contributed by atoms with Crippen LogP contribution in [0.15, 0.2) is 22.6 Å². The van der Waals surface area contributed by atoms with E-state index in [2.05, 4.69) is 42.3 Å². The van der Waals surface area contributed by atoms with E-state index in [0.29, 0.717) is 5.92 Å². The number of ether oxygens (including phenoxy) is 1. The molecule has 3 rings (SSSR count). The molecule has 1 aliphatic heterocycles. The molecule has 0 saturated carbocycles. The number of methoxy groups -OCH3 is 1. The normalized spacial score (nSPS) is 18.4. The van der Waals surface area contributed by atoms with Crippen LogP contribution in [0.5, 0.6) is 0 Å². The summed E-state index contributed by atoms with van der Waals surface area (Å²) in [5, 5.41) is 4.15. The van der Waals surface area contributed by atoms with Crippen molar-refractivity contribution in [3.05, 3.63) is 35.1 Å². The first-order valence-corrected chi connectivity index (χ1v) is 8.53. The summed E-state index contributed by atoms with van der Waals surface area (Å²) in [7, 11) is 1.54. The molecule has 24 heavy (non-hydrogen) atoms. The van der Waals surface area contributed by atoms with Gasteiger partial charge in [0.2, 0.25) is 5.91 Å². The molecule has 0 bridgehead atoms. The molecule has 0 radical (unpaired) electrons. The minimum atomic E-state index is -0.0422. The smallest absolute Gasteiger partial charge is 0.245 e. The Kier molecular flexibility index (Phi) is 5.21. The lowest BCUT2D eigenvalue weighted by atomic mass is 10.1. The van der Waals surface area contributed by atoms with E-state index in [9.17, 15) is 4.79 Å². The quantitative estimate of drug-likeness (QED) is 0.885. The number of nitrogens with one attached hydrogen (secondary N) is 1. The lowest BCUT2D eigenvalue weighted by molar-refractivity contribution is -0.124. The Balaban J connectivity index is 1.58. The van der Waals surface area contributed by atoms with Crippen LogP contribution in [-0.2, 0) is 16.1 Å². The molecule has 1 fully saturated rings. The van der Waals surface area contributed by atoms with Crippen LogP contribution in [0.4, 0.5) is 0 Å². The Morgan fingerprint density at radius 1 is 1.42 bits per heavy atom. The van der Waals surface area contributed by atoms with Gasteiger partial charge < -0.3 is 14.5 Å². The van der Waals surface area contributed by atoms with E-state index in [-0.39, 0.29) is 12.5 Å². The number of carbonyl (C=O) groups is 1. The summed E-state index contributed by atoms with van der Waals surface area (Å²) in [5.41, 5.74) is 3.47. The Morgan fingerprint density at radius 2 is 2.25 bits per heavy atom. The van der Waals surface area contributed by atoms with Gasteiger partial charge in [0.25, 0.3) is 0 Å². The molecule has 1 unspecified atom stereocenters. The summed E-state index contributed by atoms with van der Waals surface area (Å²) in [5.74, 6) is 1.51. The molecule has 1 atom stereocenters. The number of hydrogen-bond acceptors (Lipinski definition) is 4. The van der Waals surface area contributed by atoms with Crippen molar-refractivity contribution < 1.29 is 13.9 Å². The van der Waals surface area contributed by atoms with Gasteiger partial charge >= 0.3 is 0 Å². The second-order valence-electron chi connectivity index (χ2n) is 6.78. The van der Waals surface area contributed by atoms with Gasteiger partial charge in [0.05, 0.1) is 6.54 Å². The third-order valence-electron chi connectivity index (χ3n) is 4.79. The fourth-order valence-corrected chi connectivity index (χ4v) is 3.40. The van der Waals surface area contributed by atoms with Crippen molar-refractivity contribution >= 4 is 16.9 Å². The lowest BCUT2D eigenvalue weighted by Gasteiger charge is -2.15. The summed E-state index contributed by atoms with van der Waals surface area (Å²) in [6.07, 6.45) is 1.10. The summed E-state index contributed by atoms with van der Waals surface area (Å²) >= 11 is 0. The second-order valence-corrected chi connectivity index (χ2v) is 6.78. The molecule has 5 heteroatoms. The van der Waals surface area contributed by atoms with Gasteiger partial charge in [-0.2, -0.15) is 0 Å². The molecular weight excluding hydrogens is 304 g/mol. The number of furan rings is 1. The van der Waals surface area contributed by atoms with Gasteiger partial charge in [-0.15, -0.1) is 0 Å². The Bertz CT molecular complexity index is 723. The average Bonchev–Trinajstić information content (AvgIpc) is 3.12. The molecule has 1 aliphatic rings. The predicted octanol–water partition coefficient (Wildman–Crippen LogP) is 2.63. The van der Waals surface area contributed by atoms with Crippen LogP contribution in [0.3, 0.4) is 0 Å². The van der Waals surface area contributed by atoms with Crippen LogP contribution in [-0.4, -0.2) is 44.2 Å². The Hall–Kier alpha value is -1.85. The van der Waals surface area contributed by atoms with E-state index in [0.717, 1.165) is 43.9 Å². The van der Waals surface area contributed by atoms with Crippen molar-refractivity contribution in [2.24, 2.45) is 5.92 Å². The SMILES string of the molecule is COCC(=O)NCC1CCN(Cc2oc3ccc(C)cc3c2C)C1. The lowest BCUT2D eigenvalue weighted by Crippen LogP contribution is -2.33. The molecular formula is C19H26N2O3. The van der Waals surface area contributed by atoms with Gasteiger partial charge in [-0.1, -0.05) is 11.6 Å². The van der Waals surface area contributed by atoms with E-state index in [1.807, 2.05) is 0 Å². The molecule has 5 nitrogen and oxygen atoms in total. The largest absolute Gasteiger partial charge is 0.459 e. The highest BCUT2D eigenvalue weighted by Gasteiger charge is 2.24. The zero-order valence-electron chi connectivity index (χ0n) is 14.7. The van der Waals surface area contributed by atoms with Gasteiger partial charge in [0.1, 0.15) is 18.0 Å². The topological polar surface area (TPSA) is 54.7 Å². The van der Waals surface area contributed by atoms with Crippen LogP contribution < -0.4 is 5.32 Å². The fraction of sp³-hybridized carbons (Fsp3) is 0.526. The highest BCUT2D eigenvalue weighted by atomic mass is 16.5. The maximum absolute atomic E-state index is 11.5. The predicted molar refractivity (Wildman–Crippen MR) is 94.0 cm³/mol. The number of rotatable bonds is 6. The summed E-state index contributed by atoms with van der Waals surface area (Å²) in [6.45, 7) is 7.96. The van der Waals surface area contributed by atoms with Crippen molar-refractivity contribution in [2.45, 2.75) is 26.8 Å². The number of amides is 1. The molecule has 130 valence electrons. The maximum Gasteiger partial charge on any atom is 0.245 e. The summed E-state index contributed by atoms with van der Waals surface area (Å²) in [4.78, 5) is 13.9. The monoisotopic (exact) mass is 330 g/mol. The third-order valence-corrected chi connectivity index (χ3v) is 4.79. The standard InChI is InChI=1S/C19H26N2O3/c1-13-4-5-17-16(8-13)14(2)18(24-17)11-21-7-6-15(10-21)9-20-19(22)12-23-3/h4-5,8,15H,6-7,9-12H2,1-3H3,(H,20,22). The number of aryl methyl sites for hydroxylation is 2. The number of hydrogen-bond donors (Lipinski definition) is 1. The van der Waals surface area contributed by atoms with Gasteiger partial charge in [-0.3, -0.25) is 9.69 Å². The molecule has 0 aliphatic carbocycles. The van der Waals surface area contributed by atoms with Crippen LogP contribution in [0.25, 0.3) is 11.0 Å². The number of benzene rings is 1. The zero-order chi connectivity index (χ0) is 17.1. The number of nitrogens with zero attached hydrogens (tertiary/aromatic N) is 1. The van der Waals surface area contributed by atoms with Gasteiger partial charge in [-0.05, 0) is 50.4 Å². The molecule has 2 heterocycles. The molecule has 1 amide bonds. The van der Waals surface area contributed by atoms with Crippen molar-refractivity contribution in [1.29, 1.82) is 0 Å². The first-order chi connectivity index (χ1) is 11.6. The Labute approximate surface area is 143 Å². The number of carbonyl (C=O) groups excluding carboxylic acids is 1. The maximum atomic E-state index is 11.5. The van der Waals surface area contributed by atoms with Crippen LogP contribution in [0.1, 0.15) is 23.3 Å². The van der Waals surface area contributed by atoms with E-state index in [1.54, 1.807) is 0 Å². The molecule has 1 aromatic heterocycles. The molecule has 1 N–H and O–H groups in total. The molecule has 0 spiro atoms. The number of likely N-dealkylation sites (tertiary alicyclic amines) is 1. The number of fused-ring (bicyclic) bond motifs is 1. The van der Waals surface area contributed by atoms with E-state index < -0.39 is 0 Å². The van der Waals surface area contributed by atoms with Crippen molar-refractivity contribution in [3.63, 3.8) is 0 Å². The van der Waals surface area contributed by atoms with Crippen molar-refractivity contribution in [1.82, 2.24) is 10.2 Å². The Morgan fingerprint density at radius 3 is 3.04 bits per heavy atom. The van der Waals surface area contributed by atoms with Gasteiger partial charge in [0.15, 0.2) is 0 Å². The fourth-order valence-electron chi connectivity index (χ4n) is 3.40. The van der Waals surface area contributed by atoms with Gasteiger partial charge in [-0.25, -0.2) is 0 Å². The third kappa shape index (κ3) is 3.79. The highest BCUT2D eigenvalue weighted by Crippen LogP contribution is 2.28. The average molecular weight is 330 g/mol. The van der Waals surface area contributed by atoms with E-state index >= 15 is 0 Å². The second kappa shape index (κ2) is 7.36. The van der Waals surface area contributed by atoms with Gasteiger partial charge in [0, 0.05) is 25.6 Å². The first kappa shape index (κ1) is 17.0. The van der Waals surface area contributed by atoms with E-state index in [1.165, 1.54) is 23.6 Å². The highest BCUT2D eigenvalue weighted by molar-refractivity contribution is 5.82.